The number of anilines is 1. The molecule has 0 unspecified atom stereocenters. The number of imidazole rings is 1. The number of benzene rings is 2. The van der Waals surface area contributed by atoms with Gasteiger partial charge in [-0.2, -0.15) is 0 Å². The highest BCUT2D eigenvalue weighted by Crippen LogP contribution is 2.22. The number of nitrogens with zero attached hydrogens (tertiary/aromatic N) is 2. The summed E-state index contributed by atoms with van der Waals surface area (Å²) >= 11 is 1.37. The minimum absolute atomic E-state index is 0.132. The summed E-state index contributed by atoms with van der Waals surface area (Å²) in [6, 6.07) is 13.1. The van der Waals surface area contributed by atoms with Gasteiger partial charge in [0, 0.05) is 36.4 Å². The molecule has 2 N–H and O–H groups in total. The first-order chi connectivity index (χ1) is 13.5. The summed E-state index contributed by atoms with van der Waals surface area (Å²) in [5.74, 6) is -0.0572. The summed E-state index contributed by atoms with van der Waals surface area (Å²) in [5.41, 5.74) is 4.58. The minimum Gasteiger partial charge on any atom is -0.355 e. The number of hydrogen-bond acceptors (Lipinski definition) is 4. The van der Waals surface area contributed by atoms with Crippen molar-refractivity contribution in [2.75, 3.05) is 18.1 Å². The van der Waals surface area contributed by atoms with Gasteiger partial charge in [0.15, 0.2) is 5.16 Å². The van der Waals surface area contributed by atoms with Gasteiger partial charge < -0.3 is 10.6 Å². The molecule has 0 aliphatic rings. The average Bonchev–Trinajstić information content (AvgIpc) is 3.14. The van der Waals surface area contributed by atoms with Crippen LogP contribution in [0.4, 0.5) is 5.69 Å². The van der Waals surface area contributed by atoms with Gasteiger partial charge in [-0.1, -0.05) is 17.8 Å². The lowest BCUT2D eigenvalue weighted by molar-refractivity contribution is -0.113. The summed E-state index contributed by atoms with van der Waals surface area (Å²) in [6.07, 6.45) is 3.63. The summed E-state index contributed by atoms with van der Waals surface area (Å²) in [6.45, 7) is 4.12. The summed E-state index contributed by atoms with van der Waals surface area (Å²) in [4.78, 5) is 28.2. The Morgan fingerprint density at radius 2 is 1.75 bits per heavy atom. The Bertz CT molecular complexity index is 976. The minimum atomic E-state index is -0.161. The van der Waals surface area contributed by atoms with E-state index in [1.807, 2.05) is 10.8 Å². The number of rotatable bonds is 6. The maximum atomic E-state index is 12.3. The molecule has 0 fully saturated rings. The molecule has 0 aliphatic heterocycles. The number of carbonyl (C=O) groups excluding carboxylic acids is 2. The predicted octanol–water partition coefficient (Wildman–Crippen LogP) is 3.58. The maximum absolute atomic E-state index is 12.3. The highest BCUT2D eigenvalue weighted by Gasteiger charge is 2.10. The molecule has 7 heteroatoms. The SMILES string of the molecule is CNC(=O)c1ccc(NC(=O)CSc2nccn2-c2cc(C)cc(C)c2)cc1. The van der Waals surface area contributed by atoms with Crippen LogP contribution in [0.5, 0.6) is 0 Å². The molecule has 3 aromatic rings. The van der Waals surface area contributed by atoms with E-state index in [1.54, 1.807) is 37.5 Å². The topological polar surface area (TPSA) is 76.0 Å². The van der Waals surface area contributed by atoms with Crippen LogP contribution >= 0.6 is 11.8 Å². The smallest absolute Gasteiger partial charge is 0.251 e. The van der Waals surface area contributed by atoms with Crippen molar-refractivity contribution in [1.82, 2.24) is 14.9 Å². The molecule has 0 saturated carbocycles. The number of amides is 2. The van der Waals surface area contributed by atoms with Crippen molar-refractivity contribution in [1.29, 1.82) is 0 Å². The molecule has 1 aromatic heterocycles. The van der Waals surface area contributed by atoms with Gasteiger partial charge in [0.2, 0.25) is 5.91 Å². The van der Waals surface area contributed by atoms with Gasteiger partial charge >= 0.3 is 0 Å². The normalized spacial score (nSPS) is 10.5. The van der Waals surface area contributed by atoms with E-state index in [9.17, 15) is 9.59 Å². The Hall–Kier alpha value is -3.06. The first kappa shape index (κ1) is 19.7. The molecular formula is C21H22N4O2S. The molecule has 1 heterocycles. The fraction of sp³-hybridized carbons (Fsp3) is 0.190. The lowest BCUT2D eigenvalue weighted by atomic mass is 10.1. The number of thioether (sulfide) groups is 1. The van der Waals surface area contributed by atoms with Gasteiger partial charge in [0.25, 0.3) is 5.91 Å². The van der Waals surface area contributed by atoms with Crippen molar-refractivity contribution in [2.45, 2.75) is 19.0 Å². The Balaban J connectivity index is 1.63. The van der Waals surface area contributed by atoms with Crippen molar-refractivity contribution in [3.05, 3.63) is 71.5 Å². The van der Waals surface area contributed by atoms with Crippen LogP contribution in [0.3, 0.4) is 0 Å². The molecule has 3 rings (SSSR count). The van der Waals surface area contributed by atoms with Crippen molar-refractivity contribution in [3.63, 3.8) is 0 Å². The monoisotopic (exact) mass is 394 g/mol. The van der Waals surface area contributed by atoms with Crippen LogP contribution in [0, 0.1) is 13.8 Å². The van der Waals surface area contributed by atoms with Gasteiger partial charge in [-0.3, -0.25) is 14.2 Å². The number of carbonyl (C=O) groups is 2. The zero-order valence-corrected chi connectivity index (χ0v) is 16.8. The van der Waals surface area contributed by atoms with Crippen LogP contribution < -0.4 is 10.6 Å². The largest absolute Gasteiger partial charge is 0.355 e. The van der Waals surface area contributed by atoms with E-state index >= 15 is 0 Å². The Labute approximate surface area is 168 Å². The second-order valence-corrected chi connectivity index (χ2v) is 7.36. The molecule has 0 bridgehead atoms. The summed E-state index contributed by atoms with van der Waals surface area (Å²) < 4.78 is 1.98. The first-order valence-corrected chi connectivity index (χ1v) is 9.81. The zero-order valence-electron chi connectivity index (χ0n) is 16.0. The molecule has 28 heavy (non-hydrogen) atoms. The highest BCUT2D eigenvalue weighted by molar-refractivity contribution is 7.99. The van der Waals surface area contributed by atoms with Gasteiger partial charge in [-0.05, 0) is 61.4 Å². The van der Waals surface area contributed by atoms with Crippen molar-refractivity contribution >= 4 is 29.3 Å². The number of hydrogen-bond donors (Lipinski definition) is 2. The molecule has 0 saturated heterocycles. The molecule has 0 radical (unpaired) electrons. The summed E-state index contributed by atoms with van der Waals surface area (Å²) in [7, 11) is 1.58. The van der Waals surface area contributed by atoms with E-state index in [0.717, 1.165) is 10.8 Å². The van der Waals surface area contributed by atoms with Gasteiger partial charge in [-0.25, -0.2) is 4.98 Å². The highest BCUT2D eigenvalue weighted by atomic mass is 32.2. The third kappa shape index (κ3) is 4.80. The van der Waals surface area contributed by atoms with E-state index in [0.29, 0.717) is 11.3 Å². The Morgan fingerprint density at radius 3 is 2.39 bits per heavy atom. The molecule has 0 atom stereocenters. The van der Waals surface area contributed by atoms with E-state index in [1.165, 1.54) is 22.9 Å². The fourth-order valence-corrected chi connectivity index (χ4v) is 3.63. The van der Waals surface area contributed by atoms with Crippen molar-refractivity contribution in [2.24, 2.45) is 0 Å². The number of aryl methyl sites for hydroxylation is 2. The number of nitrogens with one attached hydrogen (secondary N) is 2. The molecule has 144 valence electrons. The quantitative estimate of drug-likeness (QED) is 0.627. The molecule has 6 nitrogen and oxygen atoms in total. The fourth-order valence-electron chi connectivity index (χ4n) is 2.86. The lowest BCUT2D eigenvalue weighted by Crippen LogP contribution is -2.18. The van der Waals surface area contributed by atoms with E-state index in [4.69, 9.17) is 0 Å². The van der Waals surface area contributed by atoms with Gasteiger partial charge in [-0.15, -0.1) is 0 Å². The van der Waals surface area contributed by atoms with Crippen LogP contribution in [-0.2, 0) is 4.79 Å². The molecule has 0 aliphatic carbocycles. The molecule has 0 spiro atoms. The maximum Gasteiger partial charge on any atom is 0.251 e. The first-order valence-electron chi connectivity index (χ1n) is 8.83. The van der Waals surface area contributed by atoms with Crippen LogP contribution in [0.2, 0.25) is 0 Å². The summed E-state index contributed by atoms with van der Waals surface area (Å²) in [5, 5.41) is 6.16. The lowest BCUT2D eigenvalue weighted by Gasteiger charge is -2.10. The molecule has 2 amide bonds. The number of aromatic nitrogens is 2. The zero-order chi connectivity index (χ0) is 20.1. The van der Waals surface area contributed by atoms with Crippen molar-refractivity contribution < 1.29 is 9.59 Å². The third-order valence-electron chi connectivity index (χ3n) is 4.08. The Kier molecular flexibility index (Phi) is 6.16. The van der Waals surface area contributed by atoms with Gasteiger partial charge in [0.1, 0.15) is 0 Å². The standard InChI is InChI=1S/C21H22N4O2S/c1-14-10-15(2)12-18(11-14)25-9-8-23-21(25)28-13-19(26)24-17-6-4-16(5-7-17)20(27)22-3/h4-12H,13H2,1-3H3,(H,22,27)(H,24,26). The van der Waals surface area contributed by atoms with Gasteiger partial charge in [0.05, 0.1) is 5.75 Å². The average molecular weight is 395 g/mol. The second kappa shape index (κ2) is 8.75. The van der Waals surface area contributed by atoms with Crippen LogP contribution in [-0.4, -0.2) is 34.2 Å². The van der Waals surface area contributed by atoms with Crippen LogP contribution in [0.1, 0.15) is 21.5 Å². The second-order valence-electron chi connectivity index (χ2n) is 6.42. The van der Waals surface area contributed by atoms with Crippen molar-refractivity contribution in [3.8, 4) is 5.69 Å². The predicted molar refractivity (Wildman–Crippen MR) is 112 cm³/mol. The molecule has 2 aromatic carbocycles. The Morgan fingerprint density at radius 1 is 1.07 bits per heavy atom. The van der Waals surface area contributed by atoms with Crippen LogP contribution in [0.25, 0.3) is 5.69 Å². The van der Waals surface area contributed by atoms with E-state index in [2.05, 4.69) is 47.7 Å². The van der Waals surface area contributed by atoms with E-state index in [-0.39, 0.29) is 17.6 Å². The van der Waals surface area contributed by atoms with Crippen LogP contribution in [0.15, 0.2) is 60.0 Å². The third-order valence-corrected chi connectivity index (χ3v) is 5.05. The van der Waals surface area contributed by atoms with E-state index < -0.39 is 0 Å². The molecular weight excluding hydrogens is 372 g/mol.